The van der Waals surface area contributed by atoms with Crippen LogP contribution < -0.4 is 0 Å². The van der Waals surface area contributed by atoms with Crippen LogP contribution in [0.5, 0.6) is 0 Å². The lowest BCUT2D eigenvalue weighted by Crippen LogP contribution is -2.47. The van der Waals surface area contributed by atoms with Crippen LogP contribution in [0.3, 0.4) is 0 Å². The third kappa shape index (κ3) is 3.61. The number of amides is 1. The first-order chi connectivity index (χ1) is 10.3. The molecule has 0 aromatic heterocycles. The minimum atomic E-state index is -0.323. The van der Waals surface area contributed by atoms with Crippen molar-refractivity contribution < 1.29 is 9.53 Å². The normalized spacial score (nSPS) is 22.3. The second-order valence-corrected chi connectivity index (χ2v) is 5.57. The average Bonchev–Trinajstić information content (AvgIpc) is 2.53. The summed E-state index contributed by atoms with van der Waals surface area (Å²) >= 11 is 0. The molecule has 1 atom stereocenters. The second-order valence-electron chi connectivity index (χ2n) is 5.57. The zero-order valence-corrected chi connectivity index (χ0v) is 12.2. The average molecular weight is 283 g/mol. The van der Waals surface area contributed by atoms with Crippen LogP contribution in [0.4, 0.5) is 0 Å². The predicted molar refractivity (Wildman–Crippen MR) is 82.7 cm³/mol. The molecule has 3 heteroatoms. The molecule has 1 aromatic rings. The molecule has 0 saturated carbocycles. The highest BCUT2D eigenvalue weighted by Crippen LogP contribution is 2.21. The summed E-state index contributed by atoms with van der Waals surface area (Å²) in [4.78, 5) is 14.5. The van der Waals surface area contributed by atoms with Crippen molar-refractivity contribution >= 4 is 5.91 Å². The fourth-order valence-corrected chi connectivity index (χ4v) is 2.83. The van der Waals surface area contributed by atoms with Gasteiger partial charge in [-0.3, -0.25) is 4.79 Å². The molecule has 21 heavy (non-hydrogen) atoms. The number of carbonyl (C=O) groups excluding carboxylic acids is 1. The summed E-state index contributed by atoms with van der Waals surface area (Å²) in [6.07, 6.45) is 9.05. The summed E-state index contributed by atoms with van der Waals surface area (Å²) in [7, 11) is 0. The molecule has 1 amide bonds. The van der Waals surface area contributed by atoms with E-state index >= 15 is 0 Å². The summed E-state index contributed by atoms with van der Waals surface area (Å²) < 4.78 is 5.69. The van der Waals surface area contributed by atoms with Crippen LogP contribution in [-0.4, -0.2) is 30.1 Å². The van der Waals surface area contributed by atoms with Crippen molar-refractivity contribution in [2.75, 3.05) is 13.2 Å². The quantitative estimate of drug-likeness (QED) is 0.850. The number of carbonyl (C=O) groups is 1. The number of benzene rings is 1. The van der Waals surface area contributed by atoms with E-state index in [-0.39, 0.29) is 12.0 Å². The molecule has 3 rings (SSSR count). The highest BCUT2D eigenvalue weighted by atomic mass is 16.5. The van der Waals surface area contributed by atoms with Crippen LogP contribution in [0.25, 0.3) is 0 Å². The molecule has 1 aromatic carbocycles. The van der Waals surface area contributed by atoms with E-state index in [1.54, 1.807) is 0 Å². The fraction of sp³-hybridized carbons (Fsp3) is 0.389. The summed E-state index contributed by atoms with van der Waals surface area (Å²) in [5.74, 6) is 0.116. The number of ether oxygens (including phenoxy) is 1. The van der Waals surface area contributed by atoms with Crippen molar-refractivity contribution in [2.24, 2.45) is 0 Å². The molecule has 0 spiro atoms. The summed E-state index contributed by atoms with van der Waals surface area (Å²) in [6.45, 7) is 1.98. The molecule has 1 heterocycles. The maximum Gasteiger partial charge on any atom is 0.252 e. The standard InChI is InChI=1S/C18H21NO2/c20-18-17(13-15-7-3-1-4-8-15)21-12-11-19(18)14-16-9-5-2-6-10-16/h2-3,5-10,17H,1,4,11-14H2. The predicted octanol–water partition coefficient (Wildman–Crippen LogP) is 3.08. The van der Waals surface area contributed by atoms with Crippen LogP contribution in [0.1, 0.15) is 24.8 Å². The van der Waals surface area contributed by atoms with Gasteiger partial charge >= 0.3 is 0 Å². The smallest absolute Gasteiger partial charge is 0.252 e. The lowest BCUT2D eigenvalue weighted by Gasteiger charge is -2.33. The molecule has 0 radical (unpaired) electrons. The Labute approximate surface area is 125 Å². The minimum Gasteiger partial charge on any atom is -0.366 e. The number of nitrogens with zero attached hydrogens (tertiary/aromatic N) is 1. The maximum absolute atomic E-state index is 12.6. The van der Waals surface area contributed by atoms with Gasteiger partial charge in [0.15, 0.2) is 0 Å². The third-order valence-electron chi connectivity index (χ3n) is 3.98. The maximum atomic E-state index is 12.6. The Morgan fingerprint density at radius 2 is 2.05 bits per heavy atom. The van der Waals surface area contributed by atoms with E-state index in [4.69, 9.17) is 4.74 Å². The fourth-order valence-electron chi connectivity index (χ4n) is 2.83. The third-order valence-corrected chi connectivity index (χ3v) is 3.98. The van der Waals surface area contributed by atoms with Gasteiger partial charge in [-0.2, -0.15) is 0 Å². The van der Waals surface area contributed by atoms with E-state index < -0.39 is 0 Å². The molecule has 0 N–H and O–H groups in total. The number of hydrogen-bond acceptors (Lipinski definition) is 2. The van der Waals surface area contributed by atoms with Crippen molar-refractivity contribution in [1.82, 2.24) is 4.90 Å². The van der Waals surface area contributed by atoms with Gasteiger partial charge in [0.25, 0.3) is 5.91 Å². The molecular formula is C18H21NO2. The zero-order chi connectivity index (χ0) is 14.5. The molecule has 1 saturated heterocycles. The lowest BCUT2D eigenvalue weighted by molar-refractivity contribution is -0.153. The zero-order valence-electron chi connectivity index (χ0n) is 12.2. The molecule has 1 fully saturated rings. The van der Waals surface area contributed by atoms with Crippen molar-refractivity contribution in [3.8, 4) is 0 Å². The molecule has 1 aliphatic heterocycles. The van der Waals surface area contributed by atoms with Gasteiger partial charge in [-0.05, 0) is 24.0 Å². The first-order valence-corrected chi connectivity index (χ1v) is 7.63. The molecule has 110 valence electrons. The Bertz CT molecular complexity index is 548. The van der Waals surface area contributed by atoms with Gasteiger partial charge in [-0.25, -0.2) is 0 Å². The number of allylic oxidation sites excluding steroid dienone is 3. The van der Waals surface area contributed by atoms with Crippen molar-refractivity contribution in [1.29, 1.82) is 0 Å². The van der Waals surface area contributed by atoms with E-state index in [9.17, 15) is 4.79 Å². The second kappa shape index (κ2) is 6.72. The van der Waals surface area contributed by atoms with Gasteiger partial charge in [0.1, 0.15) is 6.10 Å². The summed E-state index contributed by atoms with van der Waals surface area (Å²) in [6, 6.07) is 10.1. The molecule has 1 unspecified atom stereocenters. The van der Waals surface area contributed by atoms with E-state index in [0.717, 1.165) is 12.8 Å². The largest absolute Gasteiger partial charge is 0.366 e. The topological polar surface area (TPSA) is 29.5 Å². The van der Waals surface area contributed by atoms with E-state index in [1.807, 2.05) is 23.1 Å². The highest BCUT2D eigenvalue weighted by Gasteiger charge is 2.29. The summed E-state index contributed by atoms with van der Waals surface area (Å²) in [5, 5.41) is 0. The first-order valence-electron chi connectivity index (χ1n) is 7.63. The van der Waals surface area contributed by atoms with Crippen molar-refractivity contribution in [3.63, 3.8) is 0 Å². The van der Waals surface area contributed by atoms with Gasteiger partial charge in [0, 0.05) is 19.5 Å². The van der Waals surface area contributed by atoms with Crippen LogP contribution >= 0.6 is 0 Å². The first kappa shape index (κ1) is 14.1. The molecular weight excluding hydrogens is 262 g/mol. The monoisotopic (exact) mass is 283 g/mol. The van der Waals surface area contributed by atoms with Gasteiger partial charge < -0.3 is 9.64 Å². The number of rotatable bonds is 4. The Hall–Kier alpha value is -1.87. The Morgan fingerprint density at radius 1 is 1.19 bits per heavy atom. The molecule has 1 aliphatic carbocycles. The Morgan fingerprint density at radius 3 is 2.81 bits per heavy atom. The van der Waals surface area contributed by atoms with E-state index in [1.165, 1.54) is 11.1 Å². The van der Waals surface area contributed by atoms with Gasteiger partial charge in [-0.1, -0.05) is 48.6 Å². The van der Waals surface area contributed by atoms with Crippen LogP contribution in [-0.2, 0) is 16.1 Å². The Balaban J connectivity index is 1.63. The SMILES string of the molecule is O=C1C(CC2=CCCC=C2)OCCN1Cc1ccccc1. The minimum absolute atomic E-state index is 0.116. The van der Waals surface area contributed by atoms with Crippen LogP contribution in [0.15, 0.2) is 54.1 Å². The molecule has 0 bridgehead atoms. The molecule has 3 nitrogen and oxygen atoms in total. The van der Waals surface area contributed by atoms with Crippen molar-refractivity contribution in [2.45, 2.75) is 31.9 Å². The van der Waals surface area contributed by atoms with Crippen LogP contribution in [0, 0.1) is 0 Å². The highest BCUT2D eigenvalue weighted by molar-refractivity contribution is 5.82. The van der Waals surface area contributed by atoms with Gasteiger partial charge in [0.05, 0.1) is 6.61 Å². The van der Waals surface area contributed by atoms with Gasteiger partial charge in [0.2, 0.25) is 0 Å². The molecule has 2 aliphatic rings. The lowest BCUT2D eigenvalue weighted by atomic mass is 10.00. The number of morpholine rings is 1. The van der Waals surface area contributed by atoms with E-state index in [2.05, 4.69) is 30.4 Å². The van der Waals surface area contributed by atoms with Crippen LogP contribution in [0.2, 0.25) is 0 Å². The Kier molecular flexibility index (Phi) is 4.51. The van der Waals surface area contributed by atoms with E-state index in [0.29, 0.717) is 26.1 Å². The van der Waals surface area contributed by atoms with Crippen molar-refractivity contribution in [3.05, 3.63) is 59.7 Å². The summed E-state index contributed by atoms with van der Waals surface area (Å²) in [5.41, 5.74) is 2.39. The number of hydrogen-bond donors (Lipinski definition) is 0. The van der Waals surface area contributed by atoms with Gasteiger partial charge in [-0.15, -0.1) is 0 Å².